The van der Waals surface area contributed by atoms with E-state index in [-0.39, 0.29) is 5.82 Å². The first-order valence-corrected chi connectivity index (χ1v) is 4.91. The Morgan fingerprint density at radius 3 is 2.62 bits per heavy atom. The zero-order chi connectivity index (χ0) is 11.7. The van der Waals surface area contributed by atoms with E-state index in [2.05, 4.69) is 9.97 Å². The monoisotopic (exact) mass is 218 g/mol. The lowest BCUT2D eigenvalue weighted by Gasteiger charge is -2.03. The minimum atomic E-state index is -0.392. The molecule has 1 N–H and O–H groups in total. The Morgan fingerprint density at radius 1 is 1.25 bits per heavy atom. The number of halogens is 1. The molecule has 0 atom stereocenters. The highest BCUT2D eigenvalue weighted by atomic mass is 19.1. The number of aromatic amines is 1. The van der Waals surface area contributed by atoms with E-state index in [0.29, 0.717) is 11.3 Å². The van der Waals surface area contributed by atoms with Crippen LogP contribution in [0.4, 0.5) is 4.39 Å². The molecule has 0 saturated carbocycles. The van der Waals surface area contributed by atoms with Crippen LogP contribution < -0.4 is 5.69 Å². The second kappa shape index (κ2) is 3.89. The fourth-order valence-electron chi connectivity index (χ4n) is 1.53. The Balaban J connectivity index is 2.58. The molecule has 1 heterocycles. The van der Waals surface area contributed by atoms with Crippen molar-refractivity contribution in [2.24, 2.45) is 0 Å². The van der Waals surface area contributed by atoms with Gasteiger partial charge in [-0.2, -0.15) is 4.98 Å². The van der Waals surface area contributed by atoms with Gasteiger partial charge in [0.2, 0.25) is 0 Å². The molecule has 1 aromatic heterocycles. The van der Waals surface area contributed by atoms with Crippen molar-refractivity contribution in [2.45, 2.75) is 13.8 Å². The van der Waals surface area contributed by atoms with E-state index in [1.54, 1.807) is 32.0 Å². The van der Waals surface area contributed by atoms with E-state index < -0.39 is 5.69 Å². The number of hydrogen-bond acceptors (Lipinski definition) is 2. The van der Waals surface area contributed by atoms with Crippen molar-refractivity contribution in [3.8, 4) is 11.3 Å². The standard InChI is InChI=1S/C12H11FN2O/c1-7-5-9(3-4-10(7)13)11-6-8(2)14-12(16)15-11/h3-6H,1-2H3,(H,14,15,16). The molecule has 3 nitrogen and oxygen atoms in total. The Morgan fingerprint density at radius 2 is 2.00 bits per heavy atom. The molecule has 2 rings (SSSR count). The molecule has 0 aliphatic carbocycles. The first-order chi connectivity index (χ1) is 7.56. The van der Waals surface area contributed by atoms with Gasteiger partial charge in [-0.25, -0.2) is 9.18 Å². The van der Waals surface area contributed by atoms with E-state index in [1.807, 2.05) is 0 Å². The van der Waals surface area contributed by atoms with Gasteiger partial charge >= 0.3 is 5.69 Å². The molecule has 82 valence electrons. The van der Waals surface area contributed by atoms with Crippen LogP contribution in [-0.4, -0.2) is 9.97 Å². The molecule has 0 bridgehead atoms. The predicted octanol–water partition coefficient (Wildman–Crippen LogP) is 2.19. The Hall–Kier alpha value is -1.97. The molecule has 0 radical (unpaired) electrons. The molecule has 0 aliphatic heterocycles. The number of rotatable bonds is 1. The van der Waals surface area contributed by atoms with Gasteiger partial charge in [0, 0.05) is 11.3 Å². The molecule has 0 amide bonds. The highest BCUT2D eigenvalue weighted by Gasteiger charge is 2.04. The Kier molecular flexibility index (Phi) is 2.56. The molecule has 2 aromatic rings. The maximum Gasteiger partial charge on any atom is 0.345 e. The highest BCUT2D eigenvalue weighted by Crippen LogP contribution is 2.19. The van der Waals surface area contributed by atoms with Crippen molar-refractivity contribution in [2.75, 3.05) is 0 Å². The van der Waals surface area contributed by atoms with Gasteiger partial charge in [-0.3, -0.25) is 0 Å². The van der Waals surface area contributed by atoms with Crippen LogP contribution in [0.15, 0.2) is 29.1 Å². The van der Waals surface area contributed by atoms with E-state index in [1.165, 1.54) is 6.07 Å². The number of hydrogen-bond donors (Lipinski definition) is 1. The summed E-state index contributed by atoms with van der Waals surface area (Å²) in [5.74, 6) is -0.259. The van der Waals surface area contributed by atoms with Crippen molar-refractivity contribution < 1.29 is 4.39 Å². The zero-order valence-electron chi connectivity index (χ0n) is 9.04. The molecule has 4 heteroatoms. The van der Waals surface area contributed by atoms with Gasteiger partial charge in [0.1, 0.15) is 5.82 Å². The van der Waals surface area contributed by atoms with Crippen LogP contribution in [0.2, 0.25) is 0 Å². The van der Waals surface area contributed by atoms with Gasteiger partial charge in [-0.1, -0.05) is 0 Å². The summed E-state index contributed by atoms with van der Waals surface area (Å²) in [6.45, 7) is 3.46. The van der Waals surface area contributed by atoms with Crippen LogP contribution in [0.1, 0.15) is 11.3 Å². The summed E-state index contributed by atoms with van der Waals surface area (Å²) in [6.07, 6.45) is 0. The highest BCUT2D eigenvalue weighted by molar-refractivity contribution is 5.60. The van der Waals surface area contributed by atoms with Crippen LogP contribution in [0.3, 0.4) is 0 Å². The zero-order valence-corrected chi connectivity index (χ0v) is 9.04. The third kappa shape index (κ3) is 2.00. The average Bonchev–Trinajstić information content (AvgIpc) is 2.20. The first kappa shape index (κ1) is 10.5. The maximum atomic E-state index is 13.1. The predicted molar refractivity (Wildman–Crippen MR) is 59.7 cm³/mol. The molecule has 1 aromatic carbocycles. The first-order valence-electron chi connectivity index (χ1n) is 4.91. The minimum Gasteiger partial charge on any atom is -0.310 e. The van der Waals surface area contributed by atoms with Crippen molar-refractivity contribution >= 4 is 0 Å². The van der Waals surface area contributed by atoms with Crippen LogP contribution in [0.5, 0.6) is 0 Å². The lowest BCUT2D eigenvalue weighted by Crippen LogP contribution is -2.11. The quantitative estimate of drug-likeness (QED) is 0.797. The normalized spacial score (nSPS) is 10.4. The fraction of sp³-hybridized carbons (Fsp3) is 0.167. The van der Waals surface area contributed by atoms with E-state index in [4.69, 9.17) is 0 Å². The molecule has 16 heavy (non-hydrogen) atoms. The van der Waals surface area contributed by atoms with Gasteiger partial charge in [-0.15, -0.1) is 0 Å². The SMILES string of the molecule is Cc1cc(-c2ccc(F)c(C)c2)nc(=O)[nH]1. The van der Waals surface area contributed by atoms with Gasteiger partial charge < -0.3 is 4.98 Å². The van der Waals surface area contributed by atoms with Crippen LogP contribution >= 0.6 is 0 Å². The summed E-state index contributed by atoms with van der Waals surface area (Å²) in [6, 6.07) is 6.43. The van der Waals surface area contributed by atoms with Gasteiger partial charge in [0.05, 0.1) is 5.69 Å². The van der Waals surface area contributed by atoms with E-state index in [0.717, 1.165) is 11.3 Å². The van der Waals surface area contributed by atoms with Gasteiger partial charge in [-0.05, 0) is 43.7 Å². The molecular formula is C12H11FN2O. The lowest BCUT2D eigenvalue weighted by atomic mass is 10.1. The van der Waals surface area contributed by atoms with Crippen LogP contribution in [0.25, 0.3) is 11.3 Å². The minimum absolute atomic E-state index is 0.259. The van der Waals surface area contributed by atoms with E-state index >= 15 is 0 Å². The topological polar surface area (TPSA) is 45.8 Å². The summed E-state index contributed by atoms with van der Waals surface area (Å²) >= 11 is 0. The summed E-state index contributed by atoms with van der Waals surface area (Å²) in [5.41, 5.74) is 2.18. The maximum absolute atomic E-state index is 13.1. The molecule has 0 saturated heterocycles. The summed E-state index contributed by atoms with van der Waals surface area (Å²) in [5, 5.41) is 0. The third-order valence-corrected chi connectivity index (χ3v) is 2.33. The van der Waals surface area contributed by atoms with Crippen molar-refractivity contribution in [1.29, 1.82) is 0 Å². The fourth-order valence-corrected chi connectivity index (χ4v) is 1.53. The Bertz CT molecular complexity index is 590. The molecular weight excluding hydrogens is 207 g/mol. The molecule has 0 fully saturated rings. The Labute approximate surface area is 92.0 Å². The smallest absolute Gasteiger partial charge is 0.310 e. The number of nitrogens with zero attached hydrogens (tertiary/aromatic N) is 1. The van der Waals surface area contributed by atoms with Crippen molar-refractivity contribution in [3.63, 3.8) is 0 Å². The summed E-state index contributed by atoms with van der Waals surface area (Å²) < 4.78 is 13.1. The summed E-state index contributed by atoms with van der Waals surface area (Å²) in [4.78, 5) is 17.6. The molecule has 0 aliphatic rings. The molecule has 0 unspecified atom stereocenters. The number of aromatic nitrogens is 2. The van der Waals surface area contributed by atoms with Crippen molar-refractivity contribution in [1.82, 2.24) is 9.97 Å². The van der Waals surface area contributed by atoms with E-state index in [9.17, 15) is 9.18 Å². The molecule has 0 spiro atoms. The number of H-pyrrole nitrogens is 1. The number of benzene rings is 1. The number of aryl methyl sites for hydroxylation is 2. The van der Waals surface area contributed by atoms with Crippen molar-refractivity contribution in [3.05, 3.63) is 51.8 Å². The van der Waals surface area contributed by atoms with Gasteiger partial charge in [0.25, 0.3) is 0 Å². The van der Waals surface area contributed by atoms with Crippen LogP contribution in [0, 0.1) is 19.7 Å². The lowest BCUT2D eigenvalue weighted by molar-refractivity contribution is 0.619. The van der Waals surface area contributed by atoms with Gasteiger partial charge in [0.15, 0.2) is 0 Å². The summed E-state index contributed by atoms with van der Waals surface area (Å²) in [7, 11) is 0. The second-order valence-corrected chi connectivity index (χ2v) is 3.72. The average molecular weight is 218 g/mol. The largest absolute Gasteiger partial charge is 0.345 e. The number of nitrogens with one attached hydrogen (secondary N) is 1. The van der Waals surface area contributed by atoms with Crippen LogP contribution in [-0.2, 0) is 0 Å². The third-order valence-electron chi connectivity index (χ3n) is 2.33. The second-order valence-electron chi connectivity index (χ2n) is 3.72.